The Morgan fingerprint density at radius 1 is 1.60 bits per heavy atom. The van der Waals surface area contributed by atoms with Crippen LogP contribution in [0.5, 0.6) is 0 Å². The standard InChI is InChI=1S/C9H13ClN4O/c1-6(9(15)14(2)3)13-8-7(10)4-11-5-12-8/h4-6H,1-3H3,(H,11,12,13). The van der Waals surface area contributed by atoms with Crippen molar-refractivity contribution in [1.29, 1.82) is 0 Å². The van der Waals surface area contributed by atoms with Crippen molar-refractivity contribution < 1.29 is 4.79 Å². The lowest BCUT2D eigenvalue weighted by atomic mass is 10.3. The van der Waals surface area contributed by atoms with Gasteiger partial charge in [0, 0.05) is 14.1 Å². The molecule has 1 N–H and O–H groups in total. The van der Waals surface area contributed by atoms with E-state index in [4.69, 9.17) is 11.6 Å². The summed E-state index contributed by atoms with van der Waals surface area (Å²) in [6.07, 6.45) is 2.85. The fourth-order valence-corrected chi connectivity index (χ4v) is 1.23. The van der Waals surface area contributed by atoms with Gasteiger partial charge >= 0.3 is 0 Å². The molecule has 1 heterocycles. The van der Waals surface area contributed by atoms with Crippen molar-refractivity contribution in [3.63, 3.8) is 0 Å². The SMILES string of the molecule is CC(Nc1ncncc1Cl)C(=O)N(C)C. The fourth-order valence-electron chi connectivity index (χ4n) is 1.07. The smallest absolute Gasteiger partial charge is 0.244 e. The number of nitrogens with one attached hydrogen (secondary N) is 1. The quantitative estimate of drug-likeness (QED) is 0.839. The zero-order chi connectivity index (χ0) is 11.4. The number of amides is 1. The molecule has 0 aliphatic carbocycles. The van der Waals surface area contributed by atoms with Gasteiger partial charge in [-0.1, -0.05) is 11.6 Å². The second kappa shape index (κ2) is 4.93. The van der Waals surface area contributed by atoms with Gasteiger partial charge in [0.05, 0.1) is 6.20 Å². The van der Waals surface area contributed by atoms with E-state index in [1.165, 1.54) is 17.4 Å². The molecule has 1 rings (SSSR count). The maximum atomic E-state index is 11.5. The number of likely N-dealkylation sites (N-methyl/N-ethyl adjacent to an activating group) is 1. The number of rotatable bonds is 3. The van der Waals surface area contributed by atoms with E-state index in [-0.39, 0.29) is 11.9 Å². The first-order valence-electron chi connectivity index (χ1n) is 4.45. The molecule has 0 radical (unpaired) electrons. The summed E-state index contributed by atoms with van der Waals surface area (Å²) in [4.78, 5) is 20.7. The Balaban J connectivity index is 2.71. The van der Waals surface area contributed by atoms with Crippen molar-refractivity contribution in [3.8, 4) is 0 Å². The van der Waals surface area contributed by atoms with E-state index in [1.54, 1.807) is 21.0 Å². The van der Waals surface area contributed by atoms with Gasteiger partial charge in [-0.05, 0) is 6.92 Å². The summed E-state index contributed by atoms with van der Waals surface area (Å²) >= 11 is 5.84. The number of nitrogens with zero attached hydrogens (tertiary/aromatic N) is 3. The van der Waals surface area contributed by atoms with Crippen LogP contribution in [0.25, 0.3) is 0 Å². The van der Waals surface area contributed by atoms with Crippen LogP contribution in [-0.4, -0.2) is 40.9 Å². The molecule has 1 aromatic heterocycles. The van der Waals surface area contributed by atoms with Crippen molar-refractivity contribution >= 4 is 23.3 Å². The first-order chi connectivity index (χ1) is 7.02. The van der Waals surface area contributed by atoms with Crippen molar-refractivity contribution in [2.45, 2.75) is 13.0 Å². The number of anilines is 1. The molecule has 6 heteroatoms. The highest BCUT2D eigenvalue weighted by molar-refractivity contribution is 6.32. The van der Waals surface area contributed by atoms with Crippen LogP contribution in [0.2, 0.25) is 5.02 Å². The van der Waals surface area contributed by atoms with Gasteiger partial charge in [0.15, 0.2) is 0 Å². The predicted molar refractivity (Wildman–Crippen MR) is 58.8 cm³/mol. The number of hydrogen-bond acceptors (Lipinski definition) is 4. The third kappa shape index (κ3) is 3.06. The molecule has 1 unspecified atom stereocenters. The molecule has 1 aromatic rings. The third-order valence-corrected chi connectivity index (χ3v) is 2.11. The van der Waals surface area contributed by atoms with Crippen molar-refractivity contribution in [2.24, 2.45) is 0 Å². The monoisotopic (exact) mass is 228 g/mol. The molecule has 82 valence electrons. The first-order valence-corrected chi connectivity index (χ1v) is 4.83. The zero-order valence-corrected chi connectivity index (χ0v) is 9.62. The topological polar surface area (TPSA) is 58.1 Å². The average Bonchev–Trinajstić information content (AvgIpc) is 2.20. The Morgan fingerprint density at radius 3 is 2.80 bits per heavy atom. The van der Waals surface area contributed by atoms with Gasteiger partial charge in [-0.25, -0.2) is 9.97 Å². The van der Waals surface area contributed by atoms with Crippen LogP contribution in [0.4, 0.5) is 5.82 Å². The summed E-state index contributed by atoms with van der Waals surface area (Å²) in [5.41, 5.74) is 0. The summed E-state index contributed by atoms with van der Waals surface area (Å²) in [6.45, 7) is 1.75. The summed E-state index contributed by atoms with van der Waals surface area (Å²) < 4.78 is 0. The van der Waals surface area contributed by atoms with Crippen LogP contribution in [0.1, 0.15) is 6.92 Å². The van der Waals surface area contributed by atoms with Crippen LogP contribution in [0.15, 0.2) is 12.5 Å². The molecule has 1 atom stereocenters. The predicted octanol–water partition coefficient (Wildman–Crippen LogP) is 1.02. The van der Waals surface area contributed by atoms with Crippen molar-refractivity contribution in [1.82, 2.24) is 14.9 Å². The van der Waals surface area contributed by atoms with Crippen LogP contribution >= 0.6 is 11.6 Å². The normalized spacial score (nSPS) is 12.0. The molecule has 0 spiro atoms. The van der Waals surface area contributed by atoms with Gasteiger partial charge in [-0.15, -0.1) is 0 Å². The summed E-state index contributed by atoms with van der Waals surface area (Å²) in [7, 11) is 3.39. The van der Waals surface area contributed by atoms with E-state index >= 15 is 0 Å². The Hall–Kier alpha value is -1.36. The molecule has 15 heavy (non-hydrogen) atoms. The Morgan fingerprint density at radius 2 is 2.27 bits per heavy atom. The Labute approximate surface area is 93.5 Å². The van der Waals surface area contributed by atoms with Crippen LogP contribution < -0.4 is 5.32 Å². The number of aromatic nitrogens is 2. The van der Waals surface area contributed by atoms with Gasteiger partial charge < -0.3 is 10.2 Å². The number of halogens is 1. The molecule has 0 saturated heterocycles. The van der Waals surface area contributed by atoms with E-state index in [1.807, 2.05) is 0 Å². The molecular formula is C9H13ClN4O. The maximum absolute atomic E-state index is 11.5. The summed E-state index contributed by atoms with van der Waals surface area (Å²) in [5, 5.41) is 3.32. The second-order valence-electron chi connectivity index (χ2n) is 3.32. The fraction of sp³-hybridized carbons (Fsp3) is 0.444. The highest BCUT2D eigenvalue weighted by Gasteiger charge is 2.15. The number of hydrogen-bond donors (Lipinski definition) is 1. The lowest BCUT2D eigenvalue weighted by Gasteiger charge is -2.18. The summed E-state index contributed by atoms with van der Waals surface area (Å²) in [5.74, 6) is 0.430. The molecular weight excluding hydrogens is 216 g/mol. The minimum Gasteiger partial charge on any atom is -0.357 e. The lowest BCUT2D eigenvalue weighted by molar-refractivity contribution is -0.129. The van der Waals surface area contributed by atoms with E-state index in [0.717, 1.165) is 0 Å². The highest BCUT2D eigenvalue weighted by atomic mass is 35.5. The van der Waals surface area contributed by atoms with Gasteiger partial charge in [0.25, 0.3) is 0 Å². The average molecular weight is 229 g/mol. The number of carbonyl (C=O) groups excluding carboxylic acids is 1. The minimum atomic E-state index is -0.368. The molecule has 0 aliphatic heterocycles. The van der Waals surface area contributed by atoms with Gasteiger partial charge in [-0.3, -0.25) is 4.79 Å². The first kappa shape index (κ1) is 11.7. The van der Waals surface area contributed by atoms with Crippen LogP contribution in [0.3, 0.4) is 0 Å². The van der Waals surface area contributed by atoms with E-state index in [2.05, 4.69) is 15.3 Å². The zero-order valence-electron chi connectivity index (χ0n) is 8.86. The van der Waals surface area contributed by atoms with Gasteiger partial charge in [0.1, 0.15) is 23.2 Å². The van der Waals surface area contributed by atoms with Gasteiger partial charge in [-0.2, -0.15) is 0 Å². The van der Waals surface area contributed by atoms with Crippen LogP contribution in [0, 0.1) is 0 Å². The third-order valence-electron chi connectivity index (χ3n) is 1.83. The molecule has 1 amide bonds. The lowest BCUT2D eigenvalue weighted by Crippen LogP contribution is -2.36. The molecule has 0 aliphatic rings. The maximum Gasteiger partial charge on any atom is 0.244 e. The van der Waals surface area contributed by atoms with E-state index in [0.29, 0.717) is 10.8 Å². The molecule has 0 bridgehead atoms. The van der Waals surface area contributed by atoms with Crippen LogP contribution in [-0.2, 0) is 4.79 Å². The molecule has 5 nitrogen and oxygen atoms in total. The Bertz CT molecular complexity index is 356. The highest BCUT2D eigenvalue weighted by Crippen LogP contribution is 2.17. The minimum absolute atomic E-state index is 0.0373. The largest absolute Gasteiger partial charge is 0.357 e. The van der Waals surface area contributed by atoms with E-state index in [9.17, 15) is 4.79 Å². The van der Waals surface area contributed by atoms with Crippen molar-refractivity contribution in [2.75, 3.05) is 19.4 Å². The number of carbonyl (C=O) groups is 1. The van der Waals surface area contributed by atoms with Crippen molar-refractivity contribution in [3.05, 3.63) is 17.5 Å². The summed E-state index contributed by atoms with van der Waals surface area (Å²) in [6, 6.07) is -0.368. The molecule has 0 saturated carbocycles. The van der Waals surface area contributed by atoms with Gasteiger partial charge in [0.2, 0.25) is 5.91 Å². The second-order valence-corrected chi connectivity index (χ2v) is 3.73. The Kier molecular flexibility index (Phi) is 3.85. The molecule has 0 fully saturated rings. The molecule has 0 aromatic carbocycles. The van der Waals surface area contributed by atoms with E-state index < -0.39 is 0 Å².